The zero-order valence-electron chi connectivity index (χ0n) is 13.7. The summed E-state index contributed by atoms with van der Waals surface area (Å²) in [6.45, 7) is 3.46. The summed E-state index contributed by atoms with van der Waals surface area (Å²) in [7, 11) is -1.59. The van der Waals surface area contributed by atoms with Crippen LogP contribution in [0.2, 0.25) is 0 Å². The van der Waals surface area contributed by atoms with Crippen LogP contribution in [0, 0.1) is 6.92 Å². The quantitative estimate of drug-likeness (QED) is 0.772. The first-order chi connectivity index (χ1) is 10.8. The largest absolute Gasteiger partial charge is 0.496 e. The number of carbonyl (C=O) groups excluding carboxylic acids is 1. The molecule has 0 atom stereocenters. The number of carbonyl (C=O) groups is 1. The molecule has 0 spiro atoms. The molecule has 0 saturated carbocycles. The standard InChI is InChI=1S/C16H22N2O4S/c1-13-4-6-15(22-2)14(12-13)5-7-16(19)17-8-10-18(11-9-17)23(3,20)21/h4-7,12H,8-11H2,1-3H3. The molecule has 1 aromatic rings. The fourth-order valence-corrected chi connectivity index (χ4v) is 3.32. The number of benzene rings is 1. The molecule has 1 amide bonds. The summed E-state index contributed by atoms with van der Waals surface area (Å²) in [5, 5.41) is 0. The van der Waals surface area contributed by atoms with Crippen LogP contribution < -0.4 is 4.74 Å². The highest BCUT2D eigenvalue weighted by molar-refractivity contribution is 7.88. The molecular formula is C16H22N2O4S. The van der Waals surface area contributed by atoms with Crippen molar-refractivity contribution in [3.05, 3.63) is 35.4 Å². The van der Waals surface area contributed by atoms with Gasteiger partial charge in [-0.1, -0.05) is 11.6 Å². The average Bonchev–Trinajstić information content (AvgIpc) is 2.52. The van der Waals surface area contributed by atoms with Gasteiger partial charge in [0.2, 0.25) is 15.9 Å². The lowest BCUT2D eigenvalue weighted by atomic mass is 10.1. The summed E-state index contributed by atoms with van der Waals surface area (Å²) < 4.78 is 29.6. The molecule has 7 heteroatoms. The van der Waals surface area contributed by atoms with Gasteiger partial charge in [-0.2, -0.15) is 4.31 Å². The van der Waals surface area contributed by atoms with Gasteiger partial charge in [0.15, 0.2) is 0 Å². The van der Waals surface area contributed by atoms with E-state index in [-0.39, 0.29) is 5.91 Å². The molecule has 1 aliphatic heterocycles. The third kappa shape index (κ3) is 4.56. The molecule has 126 valence electrons. The first kappa shape index (κ1) is 17.5. The highest BCUT2D eigenvalue weighted by Gasteiger charge is 2.24. The normalized spacial score (nSPS) is 16.7. The maximum Gasteiger partial charge on any atom is 0.246 e. The van der Waals surface area contributed by atoms with Crippen molar-refractivity contribution in [2.45, 2.75) is 6.92 Å². The molecule has 1 fully saturated rings. The number of amides is 1. The number of methoxy groups -OCH3 is 1. The smallest absolute Gasteiger partial charge is 0.246 e. The number of ether oxygens (including phenoxy) is 1. The van der Waals surface area contributed by atoms with Crippen molar-refractivity contribution in [1.29, 1.82) is 0 Å². The number of piperazine rings is 1. The van der Waals surface area contributed by atoms with E-state index in [1.54, 1.807) is 18.1 Å². The molecule has 0 bridgehead atoms. The lowest BCUT2D eigenvalue weighted by molar-refractivity contribution is -0.127. The van der Waals surface area contributed by atoms with E-state index in [9.17, 15) is 13.2 Å². The molecule has 0 aromatic heterocycles. The second-order valence-electron chi connectivity index (χ2n) is 5.57. The molecule has 0 N–H and O–H groups in total. The highest BCUT2D eigenvalue weighted by Crippen LogP contribution is 2.21. The van der Waals surface area contributed by atoms with Crippen molar-refractivity contribution in [3.63, 3.8) is 0 Å². The van der Waals surface area contributed by atoms with Crippen LogP contribution in [0.5, 0.6) is 5.75 Å². The van der Waals surface area contributed by atoms with Gasteiger partial charge >= 0.3 is 0 Å². The van der Waals surface area contributed by atoms with Gasteiger partial charge in [0, 0.05) is 37.8 Å². The van der Waals surface area contributed by atoms with Crippen LogP contribution in [0.25, 0.3) is 6.08 Å². The lowest BCUT2D eigenvalue weighted by Crippen LogP contribution is -2.49. The zero-order chi connectivity index (χ0) is 17.0. The van der Waals surface area contributed by atoms with Crippen molar-refractivity contribution >= 4 is 22.0 Å². The minimum Gasteiger partial charge on any atom is -0.496 e. The molecule has 2 rings (SSSR count). The fraction of sp³-hybridized carbons (Fsp3) is 0.438. The van der Waals surface area contributed by atoms with E-state index >= 15 is 0 Å². The Balaban J connectivity index is 2.02. The summed E-state index contributed by atoms with van der Waals surface area (Å²) in [5.41, 5.74) is 1.93. The molecule has 0 radical (unpaired) electrons. The van der Waals surface area contributed by atoms with Crippen LogP contribution >= 0.6 is 0 Å². The van der Waals surface area contributed by atoms with Crippen molar-refractivity contribution in [2.24, 2.45) is 0 Å². The van der Waals surface area contributed by atoms with E-state index in [0.717, 1.165) is 11.1 Å². The maximum atomic E-state index is 12.2. The van der Waals surface area contributed by atoms with Gasteiger partial charge in [0.1, 0.15) is 5.75 Å². The van der Waals surface area contributed by atoms with E-state index < -0.39 is 10.0 Å². The monoisotopic (exact) mass is 338 g/mol. The van der Waals surface area contributed by atoms with E-state index in [4.69, 9.17) is 4.74 Å². The number of hydrogen-bond donors (Lipinski definition) is 0. The van der Waals surface area contributed by atoms with Crippen molar-refractivity contribution < 1.29 is 17.9 Å². The molecule has 1 aliphatic rings. The Hall–Kier alpha value is -1.86. The van der Waals surface area contributed by atoms with E-state index in [1.807, 2.05) is 25.1 Å². The number of sulfonamides is 1. The second kappa shape index (κ2) is 7.14. The Kier molecular flexibility index (Phi) is 5.43. The molecule has 6 nitrogen and oxygen atoms in total. The van der Waals surface area contributed by atoms with E-state index in [2.05, 4.69) is 0 Å². The minimum absolute atomic E-state index is 0.123. The van der Waals surface area contributed by atoms with Gasteiger partial charge < -0.3 is 9.64 Å². The first-order valence-electron chi connectivity index (χ1n) is 7.38. The Morgan fingerprint density at radius 2 is 1.87 bits per heavy atom. The topological polar surface area (TPSA) is 66.9 Å². The summed E-state index contributed by atoms with van der Waals surface area (Å²) in [6.07, 6.45) is 4.43. The van der Waals surface area contributed by atoms with Crippen LogP contribution in [-0.2, 0) is 14.8 Å². The molecule has 1 heterocycles. The number of aryl methyl sites for hydroxylation is 1. The number of hydrogen-bond acceptors (Lipinski definition) is 4. The van der Waals surface area contributed by atoms with Crippen molar-refractivity contribution in [1.82, 2.24) is 9.21 Å². The van der Waals surface area contributed by atoms with Gasteiger partial charge in [-0.15, -0.1) is 0 Å². The van der Waals surface area contributed by atoms with Gasteiger partial charge in [-0.25, -0.2) is 8.42 Å². The van der Waals surface area contributed by atoms with Gasteiger partial charge in [0.05, 0.1) is 13.4 Å². The maximum absolute atomic E-state index is 12.2. The summed E-state index contributed by atoms with van der Waals surface area (Å²) in [6, 6.07) is 5.76. The third-order valence-electron chi connectivity index (χ3n) is 3.81. The van der Waals surface area contributed by atoms with E-state index in [1.165, 1.54) is 16.6 Å². The minimum atomic E-state index is -3.18. The van der Waals surface area contributed by atoms with Crippen LogP contribution in [0.1, 0.15) is 11.1 Å². The van der Waals surface area contributed by atoms with E-state index in [0.29, 0.717) is 31.9 Å². The summed E-state index contributed by atoms with van der Waals surface area (Å²) in [5.74, 6) is 0.586. The predicted octanol–water partition coefficient (Wildman–Crippen LogP) is 1.12. The van der Waals surface area contributed by atoms with Crippen LogP contribution in [0.4, 0.5) is 0 Å². The molecule has 1 aromatic carbocycles. The lowest BCUT2D eigenvalue weighted by Gasteiger charge is -2.32. The Labute approximate surface area is 137 Å². The van der Waals surface area contributed by atoms with Crippen molar-refractivity contribution in [3.8, 4) is 5.75 Å². The Bertz CT molecular complexity index is 705. The molecule has 0 unspecified atom stereocenters. The highest BCUT2D eigenvalue weighted by atomic mass is 32.2. The summed E-state index contributed by atoms with van der Waals surface area (Å²) in [4.78, 5) is 13.9. The van der Waals surface area contributed by atoms with Crippen LogP contribution in [0.3, 0.4) is 0 Å². The van der Waals surface area contributed by atoms with Gasteiger partial charge in [0.25, 0.3) is 0 Å². The SMILES string of the molecule is COc1ccc(C)cc1C=CC(=O)N1CCN(S(C)(=O)=O)CC1. The van der Waals surface area contributed by atoms with Gasteiger partial charge in [-0.05, 0) is 25.1 Å². The van der Waals surface area contributed by atoms with Crippen LogP contribution in [0.15, 0.2) is 24.3 Å². The Morgan fingerprint density at radius 3 is 2.43 bits per heavy atom. The predicted molar refractivity (Wildman–Crippen MR) is 89.8 cm³/mol. The molecule has 0 aliphatic carbocycles. The first-order valence-corrected chi connectivity index (χ1v) is 9.23. The second-order valence-corrected chi connectivity index (χ2v) is 7.55. The third-order valence-corrected chi connectivity index (χ3v) is 5.11. The Morgan fingerprint density at radius 1 is 1.22 bits per heavy atom. The molecular weight excluding hydrogens is 316 g/mol. The summed E-state index contributed by atoms with van der Waals surface area (Å²) >= 11 is 0. The fourth-order valence-electron chi connectivity index (χ4n) is 2.49. The molecule has 1 saturated heterocycles. The number of nitrogens with zero attached hydrogens (tertiary/aromatic N) is 2. The average molecular weight is 338 g/mol. The van der Waals surface area contributed by atoms with Crippen molar-refractivity contribution in [2.75, 3.05) is 39.5 Å². The van der Waals surface area contributed by atoms with Gasteiger partial charge in [-0.3, -0.25) is 4.79 Å². The van der Waals surface area contributed by atoms with Crippen LogP contribution in [-0.4, -0.2) is 63.1 Å². The number of rotatable bonds is 4. The molecule has 23 heavy (non-hydrogen) atoms. The zero-order valence-corrected chi connectivity index (χ0v) is 14.5.